The van der Waals surface area contributed by atoms with Crippen LogP contribution in [-0.2, 0) is 23.9 Å². The molecule has 0 bridgehead atoms. The van der Waals surface area contributed by atoms with Crippen LogP contribution in [-0.4, -0.2) is 49.4 Å². The lowest BCUT2D eigenvalue weighted by atomic mass is 9.82. The van der Waals surface area contributed by atoms with E-state index in [0.717, 1.165) is 0 Å². The number of nitrogens with zero attached hydrogens (tertiary/aromatic N) is 2. The van der Waals surface area contributed by atoms with Gasteiger partial charge in [-0.05, 0) is 51.7 Å². The fourth-order valence-corrected chi connectivity index (χ4v) is 4.08. The normalized spacial score (nSPS) is 16.6. The highest BCUT2D eigenvalue weighted by Crippen LogP contribution is 2.32. The minimum absolute atomic E-state index is 0.0839. The van der Waals surface area contributed by atoms with E-state index in [2.05, 4.69) is 11.9 Å². The lowest BCUT2D eigenvalue weighted by Crippen LogP contribution is -2.56. The van der Waals surface area contributed by atoms with Gasteiger partial charge in [0.05, 0.1) is 23.2 Å². The molecule has 1 aromatic carbocycles. The number of likely N-dealkylation sites (N-methyl/N-ethyl adjacent to an activating group) is 2. The molecule has 34 heavy (non-hydrogen) atoms. The molecule has 0 fully saturated rings. The molecule has 1 aliphatic heterocycles. The van der Waals surface area contributed by atoms with Gasteiger partial charge in [-0.2, -0.15) is 0 Å². The summed E-state index contributed by atoms with van der Waals surface area (Å²) in [5.74, 6) is -3.63. The Hall–Kier alpha value is -3.16. The Labute approximate surface area is 202 Å². The monoisotopic (exact) mass is 471 g/mol. The van der Waals surface area contributed by atoms with Crippen molar-refractivity contribution < 1.29 is 23.9 Å². The first-order valence-electron chi connectivity index (χ1n) is 11.6. The molecule has 0 saturated carbocycles. The Morgan fingerprint density at radius 1 is 1.06 bits per heavy atom. The highest BCUT2D eigenvalue weighted by Gasteiger charge is 2.42. The molecule has 0 radical (unpaired) electrons. The highest BCUT2D eigenvalue weighted by atomic mass is 16.6. The number of carbonyl (C=O) groups excluding carboxylic acids is 4. The topological polar surface area (TPSA) is 96.0 Å². The zero-order valence-electron chi connectivity index (χ0n) is 21.3. The maximum Gasteiger partial charge on any atom is 0.310 e. The first-order valence-corrected chi connectivity index (χ1v) is 11.6. The maximum atomic E-state index is 13.5. The van der Waals surface area contributed by atoms with Crippen molar-refractivity contribution in [2.45, 2.75) is 59.1 Å². The van der Waals surface area contributed by atoms with Crippen LogP contribution < -0.4 is 15.1 Å². The van der Waals surface area contributed by atoms with E-state index in [0.29, 0.717) is 17.8 Å². The van der Waals surface area contributed by atoms with Crippen molar-refractivity contribution in [3.63, 3.8) is 0 Å². The molecule has 0 aromatic heterocycles. The number of amides is 3. The second kappa shape index (κ2) is 10.8. The SMILES string of the molecule is C=CC[C@H](C(=O)OC(C)(C)C)[C@@H](CC(C)C)C(=O)NC1C(=O)N(C)c2ccccc2N(C)C1=O. The Bertz CT molecular complexity index is 909. The standard InChI is InChI=1S/C26H37N3O5/c1-9-12-17(25(33)34-26(4,5)6)18(15-16(2)3)22(30)27-21-23(31)28(7)19-13-10-11-14-20(19)29(8)24(21)32/h9-11,13-14,16-18,21H,1,12,15H2,2-8H3,(H,27,30)/t17-,18+/m0/s1. The summed E-state index contributed by atoms with van der Waals surface area (Å²) in [4.78, 5) is 55.7. The molecule has 3 amide bonds. The number of hydrogen-bond acceptors (Lipinski definition) is 5. The van der Waals surface area contributed by atoms with E-state index < -0.39 is 47.2 Å². The molecule has 0 unspecified atom stereocenters. The van der Waals surface area contributed by atoms with Gasteiger partial charge in [0.15, 0.2) is 6.04 Å². The summed E-state index contributed by atoms with van der Waals surface area (Å²) in [6.07, 6.45) is 2.19. The number of anilines is 2. The van der Waals surface area contributed by atoms with Gasteiger partial charge >= 0.3 is 5.97 Å². The third-order valence-corrected chi connectivity index (χ3v) is 5.72. The molecule has 2 atom stereocenters. The molecule has 0 spiro atoms. The number of nitrogens with one attached hydrogen (secondary N) is 1. The first kappa shape index (κ1) is 27.1. The number of fused-ring (bicyclic) bond motifs is 1. The lowest BCUT2D eigenvalue weighted by molar-refractivity contribution is -0.164. The molecule has 0 saturated heterocycles. The minimum atomic E-state index is -1.41. The van der Waals surface area contributed by atoms with Gasteiger partial charge in [0.2, 0.25) is 5.91 Å². The zero-order valence-corrected chi connectivity index (χ0v) is 21.3. The molecule has 1 heterocycles. The predicted molar refractivity (Wildman–Crippen MR) is 132 cm³/mol. The van der Waals surface area contributed by atoms with Gasteiger partial charge in [-0.3, -0.25) is 19.2 Å². The van der Waals surface area contributed by atoms with Crippen LogP contribution in [0.5, 0.6) is 0 Å². The number of rotatable bonds is 8. The van der Waals surface area contributed by atoms with Crippen molar-refractivity contribution in [2.24, 2.45) is 17.8 Å². The number of ether oxygens (including phenoxy) is 1. The van der Waals surface area contributed by atoms with E-state index in [-0.39, 0.29) is 12.3 Å². The summed E-state index contributed by atoms with van der Waals surface area (Å²) < 4.78 is 5.58. The van der Waals surface area contributed by atoms with Crippen LogP contribution in [0.3, 0.4) is 0 Å². The summed E-state index contributed by atoms with van der Waals surface area (Å²) in [5, 5.41) is 2.65. The van der Waals surface area contributed by atoms with Crippen LogP contribution in [0.4, 0.5) is 11.4 Å². The maximum absolute atomic E-state index is 13.5. The van der Waals surface area contributed by atoms with Gasteiger partial charge in [0.25, 0.3) is 11.8 Å². The van der Waals surface area contributed by atoms with E-state index in [9.17, 15) is 19.2 Å². The lowest BCUT2D eigenvalue weighted by Gasteiger charge is -2.30. The summed E-state index contributed by atoms with van der Waals surface area (Å²) in [6.45, 7) is 12.9. The summed E-state index contributed by atoms with van der Waals surface area (Å²) in [6, 6.07) is 5.63. The average Bonchev–Trinajstić information content (AvgIpc) is 2.81. The van der Waals surface area contributed by atoms with E-state index in [4.69, 9.17) is 4.74 Å². The number of esters is 1. The highest BCUT2D eigenvalue weighted by molar-refractivity contribution is 6.21. The molecular weight excluding hydrogens is 434 g/mol. The van der Waals surface area contributed by atoms with Crippen LogP contribution in [0.15, 0.2) is 36.9 Å². The quantitative estimate of drug-likeness (QED) is 0.357. The number of carbonyl (C=O) groups is 4. The molecule has 2 rings (SSSR count). The van der Waals surface area contributed by atoms with Crippen LogP contribution in [0, 0.1) is 17.8 Å². The van der Waals surface area contributed by atoms with Crippen LogP contribution >= 0.6 is 0 Å². The van der Waals surface area contributed by atoms with Crippen LogP contribution in [0.2, 0.25) is 0 Å². The van der Waals surface area contributed by atoms with Crippen molar-refractivity contribution >= 4 is 35.1 Å². The van der Waals surface area contributed by atoms with Gasteiger partial charge in [0, 0.05) is 14.1 Å². The third kappa shape index (κ3) is 6.24. The molecule has 1 aliphatic rings. The molecule has 1 aromatic rings. The minimum Gasteiger partial charge on any atom is -0.460 e. The van der Waals surface area contributed by atoms with Crippen molar-refractivity contribution in [3.05, 3.63) is 36.9 Å². The van der Waals surface area contributed by atoms with Gasteiger partial charge in [0.1, 0.15) is 5.60 Å². The zero-order chi connectivity index (χ0) is 25.8. The predicted octanol–water partition coefficient (Wildman–Crippen LogP) is 3.31. The molecule has 1 N–H and O–H groups in total. The summed E-state index contributed by atoms with van der Waals surface area (Å²) in [5.41, 5.74) is 0.411. The fourth-order valence-electron chi connectivity index (χ4n) is 4.08. The Balaban J connectivity index is 2.38. The van der Waals surface area contributed by atoms with Crippen molar-refractivity contribution in [1.82, 2.24) is 5.32 Å². The van der Waals surface area contributed by atoms with Gasteiger partial charge in [-0.25, -0.2) is 0 Å². The molecule has 186 valence electrons. The second-order valence-corrected chi connectivity index (χ2v) is 10.1. The van der Waals surface area contributed by atoms with E-state index in [1.165, 1.54) is 9.80 Å². The Morgan fingerprint density at radius 2 is 1.56 bits per heavy atom. The van der Waals surface area contributed by atoms with E-state index in [1.807, 2.05) is 13.8 Å². The van der Waals surface area contributed by atoms with E-state index >= 15 is 0 Å². The van der Waals surface area contributed by atoms with E-state index in [1.54, 1.807) is 65.2 Å². The van der Waals surface area contributed by atoms with Gasteiger partial charge < -0.3 is 19.9 Å². The number of hydrogen-bond donors (Lipinski definition) is 1. The summed E-state index contributed by atoms with van der Waals surface area (Å²) in [7, 11) is 3.14. The molecular formula is C26H37N3O5. The fraction of sp³-hybridized carbons (Fsp3) is 0.538. The Morgan fingerprint density at radius 3 is 1.97 bits per heavy atom. The number of allylic oxidation sites excluding steroid dienone is 1. The van der Waals surface area contributed by atoms with Crippen LogP contribution in [0.25, 0.3) is 0 Å². The first-order chi connectivity index (χ1) is 15.8. The smallest absolute Gasteiger partial charge is 0.310 e. The van der Waals surface area contributed by atoms with Gasteiger partial charge in [-0.15, -0.1) is 6.58 Å². The van der Waals surface area contributed by atoms with Gasteiger partial charge in [-0.1, -0.05) is 32.1 Å². The van der Waals surface area contributed by atoms with Crippen molar-refractivity contribution in [2.75, 3.05) is 23.9 Å². The number of benzene rings is 1. The average molecular weight is 472 g/mol. The molecule has 0 aliphatic carbocycles. The molecule has 8 heteroatoms. The van der Waals surface area contributed by atoms with Crippen molar-refractivity contribution in [1.29, 1.82) is 0 Å². The van der Waals surface area contributed by atoms with Crippen molar-refractivity contribution in [3.8, 4) is 0 Å². The Kier molecular flexibility index (Phi) is 8.64. The second-order valence-electron chi connectivity index (χ2n) is 10.1. The molecule has 8 nitrogen and oxygen atoms in total. The largest absolute Gasteiger partial charge is 0.460 e. The van der Waals surface area contributed by atoms with Crippen LogP contribution in [0.1, 0.15) is 47.5 Å². The summed E-state index contributed by atoms with van der Waals surface area (Å²) >= 11 is 0. The number of para-hydroxylation sites is 2. The third-order valence-electron chi connectivity index (χ3n) is 5.72.